The van der Waals surface area contributed by atoms with Gasteiger partial charge in [-0.2, -0.15) is 5.26 Å². The van der Waals surface area contributed by atoms with Crippen LogP contribution in [0.15, 0.2) is 24.4 Å². The van der Waals surface area contributed by atoms with Crippen molar-refractivity contribution in [2.45, 2.75) is 19.9 Å². The summed E-state index contributed by atoms with van der Waals surface area (Å²) in [6.07, 6.45) is 1.76. The molecule has 0 spiro atoms. The van der Waals surface area contributed by atoms with Gasteiger partial charge in [-0.15, -0.1) is 0 Å². The summed E-state index contributed by atoms with van der Waals surface area (Å²) in [5, 5.41) is 9.17. The van der Waals surface area contributed by atoms with E-state index in [1.54, 1.807) is 6.20 Å². The molecule has 1 rings (SSSR count). The molecule has 0 bridgehead atoms. The predicted molar refractivity (Wildman–Crippen MR) is 60.1 cm³/mol. The van der Waals surface area contributed by atoms with Gasteiger partial charge in [-0.25, -0.2) is 0 Å². The zero-order chi connectivity index (χ0) is 11.5. The second kappa shape index (κ2) is 4.41. The SMILES string of the molecule is CN(C)C(c1ccccn1)C(C)(C)C#N. The molecule has 15 heavy (non-hydrogen) atoms. The first kappa shape index (κ1) is 11.7. The summed E-state index contributed by atoms with van der Waals surface area (Å²) in [6, 6.07) is 8.15. The summed E-state index contributed by atoms with van der Waals surface area (Å²) in [5.74, 6) is 0. The summed E-state index contributed by atoms with van der Waals surface area (Å²) in [7, 11) is 3.94. The maximum atomic E-state index is 9.17. The third-order valence-corrected chi connectivity index (χ3v) is 2.46. The summed E-state index contributed by atoms with van der Waals surface area (Å²) < 4.78 is 0. The van der Waals surface area contributed by atoms with E-state index in [2.05, 4.69) is 11.1 Å². The van der Waals surface area contributed by atoms with Crippen LogP contribution < -0.4 is 0 Å². The number of pyridine rings is 1. The van der Waals surface area contributed by atoms with E-state index >= 15 is 0 Å². The van der Waals surface area contributed by atoms with E-state index in [1.807, 2.05) is 51.0 Å². The minimum absolute atomic E-state index is 0.0173. The Hall–Kier alpha value is -1.40. The molecule has 1 unspecified atom stereocenters. The van der Waals surface area contributed by atoms with E-state index in [-0.39, 0.29) is 6.04 Å². The fourth-order valence-electron chi connectivity index (χ4n) is 1.88. The van der Waals surface area contributed by atoms with Gasteiger partial charge in [0.1, 0.15) is 0 Å². The van der Waals surface area contributed by atoms with E-state index in [0.29, 0.717) is 0 Å². The molecule has 1 heterocycles. The number of aromatic nitrogens is 1. The second-order valence-corrected chi connectivity index (χ2v) is 4.45. The third kappa shape index (κ3) is 2.54. The lowest BCUT2D eigenvalue weighted by molar-refractivity contribution is 0.181. The van der Waals surface area contributed by atoms with Gasteiger partial charge in [0.15, 0.2) is 0 Å². The molecule has 0 aliphatic carbocycles. The normalized spacial score (nSPS) is 13.6. The molecule has 0 fully saturated rings. The zero-order valence-corrected chi connectivity index (χ0v) is 9.73. The monoisotopic (exact) mass is 203 g/mol. The molecule has 80 valence electrons. The number of nitriles is 1. The first-order valence-electron chi connectivity index (χ1n) is 4.97. The van der Waals surface area contributed by atoms with Crippen LogP contribution in [0.2, 0.25) is 0 Å². The van der Waals surface area contributed by atoms with Crippen LogP contribution in [0, 0.1) is 16.7 Å². The van der Waals surface area contributed by atoms with E-state index in [1.165, 1.54) is 0 Å². The molecular weight excluding hydrogens is 186 g/mol. The summed E-state index contributed by atoms with van der Waals surface area (Å²) in [6.45, 7) is 3.87. The summed E-state index contributed by atoms with van der Waals surface area (Å²) >= 11 is 0. The molecule has 1 aromatic rings. The van der Waals surface area contributed by atoms with Gasteiger partial charge in [0, 0.05) is 6.20 Å². The summed E-state index contributed by atoms with van der Waals surface area (Å²) in [5.41, 5.74) is 0.492. The molecule has 0 saturated heterocycles. The Labute approximate surface area is 91.4 Å². The summed E-state index contributed by atoms with van der Waals surface area (Å²) in [4.78, 5) is 6.36. The standard InChI is InChI=1S/C12H17N3/c1-12(2,9-13)11(15(3)4)10-7-5-6-8-14-10/h5-8,11H,1-4H3. The second-order valence-electron chi connectivity index (χ2n) is 4.45. The average Bonchev–Trinajstić information content (AvgIpc) is 2.18. The van der Waals surface area contributed by atoms with Crippen molar-refractivity contribution in [1.82, 2.24) is 9.88 Å². The van der Waals surface area contributed by atoms with Gasteiger partial charge in [-0.3, -0.25) is 9.88 Å². The fourth-order valence-corrected chi connectivity index (χ4v) is 1.88. The van der Waals surface area contributed by atoms with Crippen molar-refractivity contribution in [3.8, 4) is 6.07 Å². The third-order valence-electron chi connectivity index (χ3n) is 2.46. The van der Waals surface area contributed by atoms with Crippen LogP contribution in [0.25, 0.3) is 0 Å². The van der Waals surface area contributed by atoms with Crippen LogP contribution in [0.1, 0.15) is 25.6 Å². The molecule has 0 aromatic carbocycles. The van der Waals surface area contributed by atoms with Crippen molar-refractivity contribution in [2.24, 2.45) is 5.41 Å². The van der Waals surface area contributed by atoms with Gasteiger partial charge < -0.3 is 0 Å². The smallest absolute Gasteiger partial charge is 0.0729 e. The lowest BCUT2D eigenvalue weighted by Crippen LogP contribution is -2.33. The Morgan fingerprint density at radius 3 is 2.47 bits per heavy atom. The molecular formula is C12H17N3. The van der Waals surface area contributed by atoms with Crippen LogP contribution in [-0.2, 0) is 0 Å². The fraction of sp³-hybridized carbons (Fsp3) is 0.500. The maximum absolute atomic E-state index is 9.17. The van der Waals surface area contributed by atoms with Gasteiger partial charge in [0.2, 0.25) is 0 Å². The van der Waals surface area contributed by atoms with Gasteiger partial charge in [0.05, 0.1) is 23.2 Å². The first-order valence-corrected chi connectivity index (χ1v) is 4.97. The van der Waals surface area contributed by atoms with Crippen molar-refractivity contribution >= 4 is 0 Å². The lowest BCUT2D eigenvalue weighted by atomic mass is 9.83. The highest BCUT2D eigenvalue weighted by Crippen LogP contribution is 2.35. The van der Waals surface area contributed by atoms with Crippen LogP contribution in [0.4, 0.5) is 0 Å². The minimum atomic E-state index is -0.447. The van der Waals surface area contributed by atoms with Crippen molar-refractivity contribution in [1.29, 1.82) is 5.26 Å². The molecule has 1 atom stereocenters. The Bertz CT molecular complexity index is 349. The van der Waals surface area contributed by atoms with E-state index in [9.17, 15) is 5.26 Å². The quantitative estimate of drug-likeness (QED) is 0.756. The molecule has 0 aliphatic rings. The Balaban J connectivity index is 3.11. The van der Waals surface area contributed by atoms with Gasteiger partial charge in [-0.05, 0) is 40.1 Å². The topological polar surface area (TPSA) is 39.9 Å². The van der Waals surface area contributed by atoms with E-state index < -0.39 is 5.41 Å². The molecule has 0 N–H and O–H groups in total. The predicted octanol–water partition coefficient (Wildman–Crippen LogP) is 2.23. The van der Waals surface area contributed by atoms with Crippen molar-refractivity contribution in [3.63, 3.8) is 0 Å². The van der Waals surface area contributed by atoms with Crippen LogP contribution >= 0.6 is 0 Å². The average molecular weight is 203 g/mol. The minimum Gasteiger partial charge on any atom is -0.300 e. The molecule has 0 amide bonds. The maximum Gasteiger partial charge on any atom is 0.0729 e. The van der Waals surface area contributed by atoms with E-state index in [0.717, 1.165) is 5.69 Å². The molecule has 0 radical (unpaired) electrons. The number of hydrogen-bond donors (Lipinski definition) is 0. The highest BCUT2D eigenvalue weighted by Gasteiger charge is 2.33. The zero-order valence-electron chi connectivity index (χ0n) is 9.73. The molecule has 3 heteroatoms. The van der Waals surface area contributed by atoms with Gasteiger partial charge in [-0.1, -0.05) is 6.07 Å². The lowest BCUT2D eigenvalue weighted by Gasteiger charge is -2.33. The van der Waals surface area contributed by atoms with Gasteiger partial charge >= 0.3 is 0 Å². The van der Waals surface area contributed by atoms with Crippen LogP contribution in [0.5, 0.6) is 0 Å². The largest absolute Gasteiger partial charge is 0.300 e. The van der Waals surface area contributed by atoms with Gasteiger partial charge in [0.25, 0.3) is 0 Å². The number of rotatable bonds is 3. The van der Waals surface area contributed by atoms with E-state index in [4.69, 9.17) is 0 Å². The highest BCUT2D eigenvalue weighted by molar-refractivity contribution is 5.16. The molecule has 3 nitrogen and oxygen atoms in total. The Morgan fingerprint density at radius 2 is 2.07 bits per heavy atom. The van der Waals surface area contributed by atoms with Crippen LogP contribution in [0.3, 0.4) is 0 Å². The molecule has 1 aromatic heterocycles. The Morgan fingerprint density at radius 1 is 1.40 bits per heavy atom. The van der Waals surface area contributed by atoms with Crippen molar-refractivity contribution in [2.75, 3.05) is 14.1 Å². The van der Waals surface area contributed by atoms with Crippen LogP contribution in [-0.4, -0.2) is 24.0 Å². The number of nitrogens with zero attached hydrogens (tertiary/aromatic N) is 3. The molecule has 0 saturated carbocycles. The van der Waals surface area contributed by atoms with Crippen molar-refractivity contribution in [3.05, 3.63) is 30.1 Å². The number of hydrogen-bond acceptors (Lipinski definition) is 3. The highest BCUT2D eigenvalue weighted by atomic mass is 15.1. The first-order chi connectivity index (χ1) is 6.99. The molecule has 0 aliphatic heterocycles. The van der Waals surface area contributed by atoms with Crippen molar-refractivity contribution < 1.29 is 0 Å². The Kier molecular flexibility index (Phi) is 3.43.